The summed E-state index contributed by atoms with van der Waals surface area (Å²) in [6.07, 6.45) is 1.67. The number of ether oxygens (including phenoxy) is 1. The largest absolute Gasteiger partial charge is 0.465 e. The number of benzene rings is 1. The molecule has 0 saturated heterocycles. The predicted molar refractivity (Wildman–Crippen MR) is 95.5 cm³/mol. The van der Waals surface area contributed by atoms with Crippen LogP contribution in [0.5, 0.6) is 0 Å². The first-order chi connectivity index (χ1) is 11.1. The van der Waals surface area contributed by atoms with Crippen LogP contribution in [-0.2, 0) is 4.74 Å². The van der Waals surface area contributed by atoms with Crippen LogP contribution in [0.25, 0.3) is 11.1 Å². The van der Waals surface area contributed by atoms with E-state index in [0.29, 0.717) is 27.8 Å². The number of carbonyl (C=O) groups is 1. The van der Waals surface area contributed by atoms with Crippen LogP contribution in [0.1, 0.15) is 10.4 Å². The number of esters is 1. The van der Waals surface area contributed by atoms with Gasteiger partial charge < -0.3 is 15.4 Å². The SMILES string of the molecule is C=CCNC(=S)Nc1scc(-c2ccc(F)cc2)c1C(=O)OC. The maximum atomic E-state index is 13.1. The number of rotatable bonds is 5. The molecule has 1 aromatic carbocycles. The number of halogens is 1. The normalized spacial score (nSPS) is 10.0. The topological polar surface area (TPSA) is 50.4 Å². The van der Waals surface area contributed by atoms with E-state index in [1.807, 2.05) is 0 Å². The molecular weight excluding hydrogens is 335 g/mol. The van der Waals surface area contributed by atoms with Crippen LogP contribution in [-0.4, -0.2) is 24.7 Å². The third-order valence-electron chi connectivity index (χ3n) is 2.97. The summed E-state index contributed by atoms with van der Waals surface area (Å²) >= 11 is 6.48. The molecule has 0 saturated carbocycles. The van der Waals surface area contributed by atoms with Gasteiger partial charge in [0.25, 0.3) is 0 Å². The lowest BCUT2D eigenvalue weighted by Gasteiger charge is -2.10. The Morgan fingerprint density at radius 2 is 2.13 bits per heavy atom. The first-order valence-corrected chi connectivity index (χ1v) is 7.97. The molecule has 0 amide bonds. The average Bonchev–Trinajstić information content (AvgIpc) is 2.96. The van der Waals surface area contributed by atoms with Crippen LogP contribution in [0.2, 0.25) is 0 Å². The molecule has 0 fully saturated rings. The van der Waals surface area contributed by atoms with Crippen LogP contribution in [0.15, 0.2) is 42.3 Å². The fourth-order valence-corrected chi connectivity index (χ4v) is 3.12. The van der Waals surface area contributed by atoms with Gasteiger partial charge in [-0.1, -0.05) is 18.2 Å². The highest BCUT2D eigenvalue weighted by Crippen LogP contribution is 2.36. The summed E-state index contributed by atoms with van der Waals surface area (Å²) in [5.74, 6) is -0.823. The zero-order valence-corrected chi connectivity index (χ0v) is 14.0. The number of anilines is 1. The standard InChI is InChI=1S/C16H15FN2O2S2/c1-3-8-18-16(22)19-14-13(15(20)21-2)12(9-23-14)10-4-6-11(17)7-5-10/h3-7,9H,1,8H2,2H3,(H2,18,19,22). The van der Waals surface area contributed by atoms with Crippen LogP contribution in [0.3, 0.4) is 0 Å². The minimum absolute atomic E-state index is 0.336. The lowest BCUT2D eigenvalue weighted by atomic mass is 10.0. The Bertz CT molecular complexity index is 726. The monoisotopic (exact) mass is 350 g/mol. The van der Waals surface area contributed by atoms with Crippen LogP contribution >= 0.6 is 23.6 Å². The van der Waals surface area contributed by atoms with Gasteiger partial charge in [-0.25, -0.2) is 9.18 Å². The molecule has 23 heavy (non-hydrogen) atoms. The summed E-state index contributed by atoms with van der Waals surface area (Å²) in [6.45, 7) is 4.11. The molecule has 0 aliphatic carbocycles. The van der Waals surface area contributed by atoms with Gasteiger partial charge in [-0.2, -0.15) is 0 Å². The number of hydrogen-bond donors (Lipinski definition) is 2. The Morgan fingerprint density at radius 1 is 1.43 bits per heavy atom. The Labute approximate surface area is 143 Å². The number of methoxy groups -OCH3 is 1. The molecule has 120 valence electrons. The van der Waals surface area contributed by atoms with Crippen molar-refractivity contribution in [3.63, 3.8) is 0 Å². The summed E-state index contributed by atoms with van der Waals surface area (Å²) in [4.78, 5) is 12.1. The molecular formula is C16H15FN2O2S2. The Hall–Kier alpha value is -2.25. The van der Waals surface area contributed by atoms with Crippen molar-refractivity contribution < 1.29 is 13.9 Å². The van der Waals surface area contributed by atoms with Crippen molar-refractivity contribution >= 4 is 39.6 Å². The van der Waals surface area contributed by atoms with E-state index >= 15 is 0 Å². The molecule has 0 bridgehead atoms. The number of hydrogen-bond acceptors (Lipinski definition) is 4. The van der Waals surface area contributed by atoms with E-state index in [1.54, 1.807) is 23.6 Å². The van der Waals surface area contributed by atoms with Gasteiger partial charge >= 0.3 is 5.97 Å². The smallest absolute Gasteiger partial charge is 0.341 e. The van der Waals surface area contributed by atoms with Crippen molar-refractivity contribution in [2.45, 2.75) is 0 Å². The van der Waals surface area contributed by atoms with Crippen molar-refractivity contribution in [2.24, 2.45) is 0 Å². The molecule has 7 heteroatoms. The van der Waals surface area contributed by atoms with Crippen molar-refractivity contribution in [3.8, 4) is 11.1 Å². The molecule has 0 atom stereocenters. The minimum Gasteiger partial charge on any atom is -0.465 e. The molecule has 4 nitrogen and oxygen atoms in total. The Kier molecular flexibility index (Phi) is 5.84. The number of carbonyl (C=O) groups excluding carboxylic acids is 1. The second kappa shape index (κ2) is 7.85. The molecule has 0 unspecified atom stereocenters. The summed E-state index contributed by atoms with van der Waals surface area (Å²) in [5.41, 5.74) is 1.75. The fraction of sp³-hybridized carbons (Fsp3) is 0.125. The second-order valence-corrected chi connectivity index (χ2v) is 5.76. The average molecular weight is 350 g/mol. The Balaban J connectivity index is 2.37. The third kappa shape index (κ3) is 4.14. The van der Waals surface area contributed by atoms with E-state index in [1.165, 1.54) is 30.6 Å². The van der Waals surface area contributed by atoms with E-state index in [2.05, 4.69) is 17.2 Å². The van der Waals surface area contributed by atoms with Crippen molar-refractivity contribution in [1.29, 1.82) is 0 Å². The highest BCUT2D eigenvalue weighted by molar-refractivity contribution is 7.80. The molecule has 0 aliphatic rings. The first kappa shape index (κ1) is 17.1. The van der Waals surface area contributed by atoms with E-state index in [-0.39, 0.29) is 5.82 Å². The van der Waals surface area contributed by atoms with Crippen molar-refractivity contribution in [2.75, 3.05) is 19.0 Å². The Morgan fingerprint density at radius 3 is 2.74 bits per heavy atom. The van der Waals surface area contributed by atoms with Gasteiger partial charge in [0.15, 0.2) is 5.11 Å². The van der Waals surface area contributed by atoms with Gasteiger partial charge in [-0.05, 0) is 29.9 Å². The maximum absolute atomic E-state index is 13.1. The fourth-order valence-electron chi connectivity index (χ4n) is 1.91. The number of thiophene rings is 1. The molecule has 2 aromatic rings. The van der Waals surface area contributed by atoms with Gasteiger partial charge in [0.05, 0.1) is 7.11 Å². The number of nitrogens with one attached hydrogen (secondary N) is 2. The van der Waals surface area contributed by atoms with Crippen molar-refractivity contribution in [3.05, 3.63) is 53.7 Å². The summed E-state index contributed by atoms with van der Waals surface area (Å²) in [6, 6.07) is 5.92. The molecule has 0 aliphatic heterocycles. The molecule has 0 spiro atoms. The van der Waals surface area contributed by atoms with Crippen molar-refractivity contribution in [1.82, 2.24) is 5.32 Å². The molecule has 0 radical (unpaired) electrons. The zero-order valence-electron chi connectivity index (χ0n) is 12.4. The van der Waals surface area contributed by atoms with Gasteiger partial charge in [0, 0.05) is 17.5 Å². The van der Waals surface area contributed by atoms with Gasteiger partial charge in [-0.15, -0.1) is 17.9 Å². The first-order valence-electron chi connectivity index (χ1n) is 6.68. The molecule has 2 rings (SSSR count). The molecule has 2 N–H and O–H groups in total. The summed E-state index contributed by atoms with van der Waals surface area (Å²) in [5, 5.41) is 8.66. The quantitative estimate of drug-likeness (QED) is 0.488. The lowest BCUT2D eigenvalue weighted by Crippen LogP contribution is -2.28. The minimum atomic E-state index is -0.486. The molecule has 1 heterocycles. The van der Waals surface area contributed by atoms with Crippen LogP contribution in [0, 0.1) is 5.82 Å². The van der Waals surface area contributed by atoms with Crippen LogP contribution in [0.4, 0.5) is 9.39 Å². The predicted octanol–water partition coefficient (Wildman–Crippen LogP) is 3.81. The van der Waals surface area contributed by atoms with Gasteiger partial charge in [-0.3, -0.25) is 0 Å². The highest BCUT2D eigenvalue weighted by atomic mass is 32.1. The highest BCUT2D eigenvalue weighted by Gasteiger charge is 2.21. The lowest BCUT2D eigenvalue weighted by molar-refractivity contribution is 0.0603. The summed E-state index contributed by atoms with van der Waals surface area (Å²) in [7, 11) is 1.31. The van der Waals surface area contributed by atoms with Gasteiger partial charge in [0.2, 0.25) is 0 Å². The number of thiocarbonyl (C=S) groups is 1. The summed E-state index contributed by atoms with van der Waals surface area (Å²) < 4.78 is 17.9. The second-order valence-electron chi connectivity index (χ2n) is 4.48. The maximum Gasteiger partial charge on any atom is 0.341 e. The molecule has 1 aromatic heterocycles. The van der Waals surface area contributed by atoms with Gasteiger partial charge in [0.1, 0.15) is 16.4 Å². The van der Waals surface area contributed by atoms with E-state index < -0.39 is 5.97 Å². The third-order valence-corrected chi connectivity index (χ3v) is 4.11. The van der Waals surface area contributed by atoms with E-state index in [4.69, 9.17) is 17.0 Å². The zero-order chi connectivity index (χ0) is 16.8. The van der Waals surface area contributed by atoms with E-state index in [9.17, 15) is 9.18 Å². The van der Waals surface area contributed by atoms with E-state index in [0.717, 1.165) is 5.56 Å². The van der Waals surface area contributed by atoms with Crippen LogP contribution < -0.4 is 10.6 Å².